The zero-order valence-corrected chi connectivity index (χ0v) is 24.8. The molecule has 9 nitrogen and oxygen atoms in total. The molecule has 2 bridgehead atoms. The van der Waals surface area contributed by atoms with Crippen LogP contribution in [0.4, 0.5) is 0 Å². The topological polar surface area (TPSA) is 100 Å². The molecular formula is C33H40N6O3. The van der Waals surface area contributed by atoms with Gasteiger partial charge in [0, 0.05) is 56.0 Å². The molecule has 4 heterocycles. The Balaban J connectivity index is 1.27. The highest BCUT2D eigenvalue weighted by molar-refractivity contribution is 6.00. The van der Waals surface area contributed by atoms with Crippen LogP contribution < -0.4 is 10.5 Å². The van der Waals surface area contributed by atoms with Crippen LogP contribution >= 0.6 is 0 Å². The largest absolute Gasteiger partial charge is 0.494 e. The first kappa shape index (κ1) is 26.2. The maximum atomic E-state index is 13.8. The smallest absolute Gasteiger partial charge is 0.254 e. The number of piperidine rings is 1. The summed E-state index contributed by atoms with van der Waals surface area (Å²) in [5, 5.41) is 1.12. The number of ether oxygens (including phenoxy) is 2. The van der Waals surface area contributed by atoms with Gasteiger partial charge in [0.2, 0.25) is 0 Å². The standard InChI is InChI=1S/C33H40N6O3/c1-33(42-3)14-20(15-33)17-39-29-24(11-23(13-27(29)41-2)32(40)38-18-22-8-9-25(38)28(22)34)36-31(39)26-12-21-5-4-10-35-30(21)37(26)16-19-6-7-19/h4-5,10-13,19-20,22,25,28H,6-9,14-18,34H2,1-3H3/t20-,22-,25?,28?,33-/m1/s1. The van der Waals surface area contributed by atoms with Crippen molar-refractivity contribution in [2.24, 2.45) is 23.5 Å². The predicted molar refractivity (Wildman–Crippen MR) is 161 cm³/mol. The van der Waals surface area contributed by atoms with Crippen molar-refractivity contribution < 1.29 is 14.3 Å². The molecule has 3 aromatic heterocycles. The monoisotopic (exact) mass is 568 g/mol. The van der Waals surface area contributed by atoms with Crippen LogP contribution in [0, 0.1) is 17.8 Å². The summed E-state index contributed by atoms with van der Waals surface area (Å²) in [6, 6.07) is 10.4. The van der Waals surface area contributed by atoms with Gasteiger partial charge in [-0.3, -0.25) is 4.79 Å². The van der Waals surface area contributed by atoms with Gasteiger partial charge in [0.1, 0.15) is 16.9 Å². The lowest BCUT2D eigenvalue weighted by Gasteiger charge is -2.44. The molecule has 3 atom stereocenters. The third kappa shape index (κ3) is 4.07. The Hall–Kier alpha value is -3.43. The Morgan fingerprint density at radius 1 is 1.07 bits per heavy atom. The van der Waals surface area contributed by atoms with E-state index in [4.69, 9.17) is 25.2 Å². The van der Waals surface area contributed by atoms with E-state index in [1.165, 1.54) is 12.8 Å². The third-order valence-corrected chi connectivity index (χ3v) is 10.6. The number of imidazole rings is 1. The molecule has 4 aliphatic rings. The van der Waals surface area contributed by atoms with Gasteiger partial charge in [0.15, 0.2) is 5.82 Å². The number of hydrogen-bond acceptors (Lipinski definition) is 6. The molecule has 9 heteroatoms. The Bertz CT molecular complexity index is 1700. The predicted octanol–water partition coefficient (Wildman–Crippen LogP) is 4.85. The average molecular weight is 569 g/mol. The van der Waals surface area contributed by atoms with Gasteiger partial charge in [0.05, 0.1) is 23.9 Å². The van der Waals surface area contributed by atoms with Crippen LogP contribution in [0.15, 0.2) is 36.5 Å². The highest BCUT2D eigenvalue weighted by Gasteiger charge is 2.47. The first-order valence-corrected chi connectivity index (χ1v) is 15.5. The van der Waals surface area contributed by atoms with E-state index in [0.717, 1.165) is 78.9 Å². The summed E-state index contributed by atoms with van der Waals surface area (Å²) in [6.45, 7) is 4.66. The number of aromatic nitrogens is 4. The summed E-state index contributed by atoms with van der Waals surface area (Å²) in [4.78, 5) is 25.9. The van der Waals surface area contributed by atoms with Crippen molar-refractivity contribution in [2.45, 2.75) is 76.2 Å². The molecule has 3 aliphatic carbocycles. The molecule has 1 aliphatic heterocycles. The van der Waals surface area contributed by atoms with E-state index in [1.807, 2.05) is 29.3 Å². The Morgan fingerprint density at radius 2 is 1.88 bits per heavy atom. The van der Waals surface area contributed by atoms with Gasteiger partial charge in [0.25, 0.3) is 5.91 Å². The molecule has 2 N–H and O–H groups in total. The second-order valence-electron chi connectivity index (χ2n) is 13.5. The second-order valence-corrected chi connectivity index (χ2v) is 13.5. The highest BCUT2D eigenvalue weighted by Crippen LogP contribution is 2.44. The number of pyridine rings is 1. The molecule has 220 valence electrons. The molecule has 1 saturated heterocycles. The number of benzene rings is 1. The van der Waals surface area contributed by atoms with Crippen molar-refractivity contribution >= 4 is 28.0 Å². The minimum atomic E-state index is -0.0777. The Morgan fingerprint density at radius 3 is 2.57 bits per heavy atom. The van der Waals surface area contributed by atoms with Crippen LogP contribution in [-0.2, 0) is 17.8 Å². The molecule has 2 unspecified atom stereocenters. The van der Waals surface area contributed by atoms with Crippen molar-refractivity contribution in [1.29, 1.82) is 0 Å². The molecule has 0 radical (unpaired) electrons. The fourth-order valence-electron chi connectivity index (χ4n) is 8.06. The van der Waals surface area contributed by atoms with Crippen LogP contribution in [-0.4, -0.2) is 68.4 Å². The lowest BCUT2D eigenvalue weighted by molar-refractivity contribution is -0.0937. The number of rotatable bonds is 8. The maximum Gasteiger partial charge on any atom is 0.254 e. The fourth-order valence-corrected chi connectivity index (χ4v) is 8.06. The first-order valence-electron chi connectivity index (χ1n) is 15.5. The van der Waals surface area contributed by atoms with Crippen LogP contribution in [0.3, 0.4) is 0 Å². The normalized spacial score (nSPS) is 28.6. The molecule has 1 aromatic carbocycles. The van der Waals surface area contributed by atoms with Crippen molar-refractivity contribution in [3.63, 3.8) is 0 Å². The number of carbonyl (C=O) groups excluding carboxylic acids is 1. The van der Waals surface area contributed by atoms with Gasteiger partial charge >= 0.3 is 0 Å². The molecule has 8 rings (SSSR count). The number of likely N-dealkylation sites (tertiary alicyclic amines) is 1. The number of amides is 1. The number of nitrogens with two attached hydrogens (primary N) is 1. The number of fused-ring (bicyclic) bond motifs is 4. The number of nitrogens with zero attached hydrogens (tertiary/aromatic N) is 5. The van der Waals surface area contributed by atoms with Crippen LogP contribution in [0.1, 0.15) is 55.8 Å². The molecule has 4 aromatic rings. The summed E-state index contributed by atoms with van der Waals surface area (Å²) in [6.07, 6.45) is 8.45. The maximum absolute atomic E-state index is 13.8. The van der Waals surface area contributed by atoms with Gasteiger partial charge in [-0.25, -0.2) is 9.97 Å². The van der Waals surface area contributed by atoms with Gasteiger partial charge in [-0.15, -0.1) is 0 Å². The minimum Gasteiger partial charge on any atom is -0.494 e. The number of carbonyl (C=O) groups is 1. The van der Waals surface area contributed by atoms with E-state index in [1.54, 1.807) is 14.2 Å². The molecule has 42 heavy (non-hydrogen) atoms. The molecule has 0 spiro atoms. The van der Waals surface area contributed by atoms with Gasteiger partial charge in [-0.05, 0) is 93.5 Å². The molecule has 3 saturated carbocycles. The van der Waals surface area contributed by atoms with Crippen LogP contribution in [0.25, 0.3) is 33.6 Å². The summed E-state index contributed by atoms with van der Waals surface area (Å²) in [5.74, 6) is 3.14. The summed E-state index contributed by atoms with van der Waals surface area (Å²) >= 11 is 0. The minimum absolute atomic E-state index is 0.0239. The molecule has 4 fully saturated rings. The molecule has 1 amide bonds. The lowest BCUT2D eigenvalue weighted by atomic mass is 9.72. The summed E-state index contributed by atoms with van der Waals surface area (Å²) < 4.78 is 16.5. The SMILES string of the molecule is COc1cc(C(=O)N2C[C@H]3CCC2C3N)cc2nc(-c3cc4cccnc4n3CC3CC3)n(C[C@H]3C[C@](C)(OC)C3)c12. The van der Waals surface area contributed by atoms with E-state index in [9.17, 15) is 4.79 Å². The van der Waals surface area contributed by atoms with Crippen molar-refractivity contribution in [3.8, 4) is 17.3 Å². The van der Waals surface area contributed by atoms with Crippen molar-refractivity contribution in [3.05, 3.63) is 42.1 Å². The lowest BCUT2D eigenvalue weighted by Crippen LogP contribution is -2.44. The van der Waals surface area contributed by atoms with Crippen molar-refractivity contribution in [2.75, 3.05) is 20.8 Å². The van der Waals surface area contributed by atoms with Gasteiger partial charge < -0.3 is 29.2 Å². The van der Waals surface area contributed by atoms with Gasteiger partial charge in [-0.2, -0.15) is 0 Å². The zero-order valence-electron chi connectivity index (χ0n) is 24.8. The number of hydrogen-bond donors (Lipinski definition) is 1. The fraction of sp³-hybridized carbons (Fsp3) is 0.545. The van der Waals surface area contributed by atoms with E-state index in [-0.39, 0.29) is 23.6 Å². The van der Waals surface area contributed by atoms with E-state index in [2.05, 4.69) is 28.2 Å². The number of methoxy groups -OCH3 is 2. The highest BCUT2D eigenvalue weighted by atomic mass is 16.5. The second kappa shape index (κ2) is 9.54. The summed E-state index contributed by atoms with van der Waals surface area (Å²) in [5.41, 5.74) is 10.8. The summed E-state index contributed by atoms with van der Waals surface area (Å²) in [7, 11) is 3.49. The zero-order chi connectivity index (χ0) is 28.7. The van der Waals surface area contributed by atoms with Crippen LogP contribution in [0.5, 0.6) is 5.75 Å². The quantitative estimate of drug-likeness (QED) is 0.326. The van der Waals surface area contributed by atoms with Crippen molar-refractivity contribution in [1.82, 2.24) is 24.0 Å². The Kier molecular flexibility index (Phi) is 5.96. The molecular weight excluding hydrogens is 528 g/mol. The van der Waals surface area contributed by atoms with Gasteiger partial charge in [-0.1, -0.05) is 0 Å². The van der Waals surface area contributed by atoms with Crippen LogP contribution in [0.2, 0.25) is 0 Å². The average Bonchev–Trinajstić information content (AvgIpc) is 3.35. The third-order valence-electron chi connectivity index (χ3n) is 10.6. The van der Waals surface area contributed by atoms with E-state index >= 15 is 0 Å². The van der Waals surface area contributed by atoms with E-state index < -0.39 is 0 Å². The first-order chi connectivity index (χ1) is 20.4. The van der Waals surface area contributed by atoms with E-state index in [0.29, 0.717) is 29.1 Å². The Labute approximate surface area is 246 Å².